The molecule has 0 saturated heterocycles. The number of carbonyl (C=O) groups excluding carboxylic acids is 1. The molecule has 2 aromatic heterocycles. The number of nitrogens with one attached hydrogen (secondary N) is 3. The molecule has 1 fully saturated rings. The van der Waals surface area contributed by atoms with Gasteiger partial charge in [-0.15, -0.1) is 0 Å². The third-order valence-electron chi connectivity index (χ3n) is 5.84. The first kappa shape index (κ1) is 27.0. The highest BCUT2D eigenvalue weighted by atomic mass is 35.5. The average molecular weight is 558 g/mol. The van der Waals surface area contributed by atoms with Gasteiger partial charge in [0.1, 0.15) is 5.82 Å². The lowest BCUT2D eigenvalue weighted by Gasteiger charge is -2.30. The minimum Gasteiger partial charge on any atom is -0.394 e. The molecule has 1 aliphatic carbocycles. The van der Waals surface area contributed by atoms with E-state index in [1.165, 1.54) is 0 Å². The van der Waals surface area contributed by atoms with Crippen molar-refractivity contribution in [1.82, 2.24) is 25.1 Å². The molecule has 0 unspecified atom stereocenters. The summed E-state index contributed by atoms with van der Waals surface area (Å²) < 4.78 is 39.3. The highest BCUT2D eigenvalue weighted by Crippen LogP contribution is 2.31. The Kier molecular flexibility index (Phi) is 8.40. The lowest BCUT2D eigenvalue weighted by molar-refractivity contribution is -0.174. The molecule has 2 heterocycles. The lowest BCUT2D eigenvalue weighted by Crippen LogP contribution is -2.45. The fourth-order valence-electron chi connectivity index (χ4n) is 4.09. The predicted octanol–water partition coefficient (Wildman–Crippen LogP) is 4.78. The molecule has 14 heteroatoms. The fraction of sp³-hybridized carbons (Fsp3) is 0.391. The zero-order valence-corrected chi connectivity index (χ0v) is 20.9. The molecule has 37 heavy (non-hydrogen) atoms. The zero-order chi connectivity index (χ0) is 26.6. The van der Waals surface area contributed by atoms with E-state index in [1.807, 2.05) is 0 Å². The summed E-state index contributed by atoms with van der Waals surface area (Å²) in [5.41, 5.74) is 1.97. The van der Waals surface area contributed by atoms with Gasteiger partial charge in [-0.2, -0.15) is 23.3 Å². The van der Waals surface area contributed by atoms with Crippen LogP contribution in [0.5, 0.6) is 0 Å². The molecular formula is C23H24Cl2F3N7O2. The van der Waals surface area contributed by atoms with Crippen LogP contribution in [0.1, 0.15) is 25.7 Å². The summed E-state index contributed by atoms with van der Waals surface area (Å²) in [6.07, 6.45) is 1.95. The van der Waals surface area contributed by atoms with Gasteiger partial charge in [-0.3, -0.25) is 9.48 Å². The molecule has 0 aliphatic heterocycles. The van der Waals surface area contributed by atoms with Gasteiger partial charge in [-0.25, -0.2) is 4.98 Å². The quantitative estimate of drug-likeness (QED) is 0.314. The lowest BCUT2D eigenvalue weighted by atomic mass is 9.91. The summed E-state index contributed by atoms with van der Waals surface area (Å²) in [5, 5.41) is 22.8. The van der Waals surface area contributed by atoms with Crippen LogP contribution < -0.4 is 16.0 Å². The Morgan fingerprint density at radius 1 is 1.08 bits per heavy atom. The molecular weight excluding hydrogens is 534 g/mol. The van der Waals surface area contributed by atoms with Crippen molar-refractivity contribution in [2.75, 3.05) is 17.2 Å². The third-order valence-corrected chi connectivity index (χ3v) is 6.28. The third kappa shape index (κ3) is 7.24. The average Bonchev–Trinajstić information content (AvgIpc) is 3.28. The van der Waals surface area contributed by atoms with E-state index in [0.29, 0.717) is 59.3 Å². The number of aliphatic hydroxyl groups excluding tert-OH is 1. The van der Waals surface area contributed by atoms with Crippen LogP contribution in [0.3, 0.4) is 0 Å². The van der Waals surface area contributed by atoms with E-state index in [4.69, 9.17) is 23.2 Å². The van der Waals surface area contributed by atoms with Crippen LogP contribution in [0.25, 0.3) is 11.1 Å². The molecule has 9 nitrogen and oxygen atoms in total. The standard InChI is InChI=1S/C23H24Cl2F3N7O2/c24-14-7-15(25)9-18(8-14)33-22-29-11-19(13-10-30-35(12-13)5-6-36)20(34-22)31-16-1-3-17(4-2-16)32-21(37)23(26,27)28/h7-12,16-17,36H,1-6H2,(H,32,37)(H2,29,31,33,34)/t16-,17+. The number of benzene rings is 1. The van der Waals surface area contributed by atoms with E-state index in [9.17, 15) is 23.1 Å². The van der Waals surface area contributed by atoms with Gasteiger partial charge < -0.3 is 21.1 Å². The summed E-state index contributed by atoms with van der Waals surface area (Å²) in [7, 11) is 0. The first-order chi connectivity index (χ1) is 17.6. The molecule has 1 aliphatic rings. The van der Waals surface area contributed by atoms with Crippen molar-refractivity contribution in [2.45, 2.75) is 50.5 Å². The van der Waals surface area contributed by atoms with Crippen LogP contribution in [-0.4, -0.2) is 55.6 Å². The van der Waals surface area contributed by atoms with E-state index in [0.717, 1.165) is 5.56 Å². The molecule has 1 amide bonds. The normalized spacial score (nSPS) is 17.9. The van der Waals surface area contributed by atoms with E-state index in [-0.39, 0.29) is 18.6 Å². The number of nitrogens with zero attached hydrogens (tertiary/aromatic N) is 4. The monoisotopic (exact) mass is 557 g/mol. The van der Waals surface area contributed by atoms with Crippen molar-refractivity contribution >= 4 is 46.6 Å². The summed E-state index contributed by atoms with van der Waals surface area (Å²) in [4.78, 5) is 20.3. The van der Waals surface area contributed by atoms with E-state index < -0.39 is 18.1 Å². The van der Waals surface area contributed by atoms with Crippen LogP contribution in [0, 0.1) is 0 Å². The highest BCUT2D eigenvalue weighted by molar-refractivity contribution is 6.35. The number of rotatable bonds is 8. The Bertz CT molecular complexity index is 1230. The first-order valence-electron chi connectivity index (χ1n) is 11.5. The summed E-state index contributed by atoms with van der Waals surface area (Å²) in [6.45, 7) is 0.258. The van der Waals surface area contributed by atoms with Crippen molar-refractivity contribution in [2.24, 2.45) is 0 Å². The number of aromatic nitrogens is 4. The highest BCUT2D eigenvalue weighted by Gasteiger charge is 2.40. The van der Waals surface area contributed by atoms with Crippen molar-refractivity contribution < 1.29 is 23.1 Å². The van der Waals surface area contributed by atoms with Gasteiger partial charge in [0.05, 0.1) is 19.3 Å². The van der Waals surface area contributed by atoms with Crippen LogP contribution in [0.4, 0.5) is 30.6 Å². The van der Waals surface area contributed by atoms with Gasteiger partial charge in [0.15, 0.2) is 0 Å². The molecule has 0 atom stereocenters. The zero-order valence-electron chi connectivity index (χ0n) is 19.4. The minimum atomic E-state index is -4.90. The number of aliphatic hydroxyl groups is 1. The number of hydrogen-bond donors (Lipinski definition) is 4. The summed E-state index contributed by atoms with van der Waals surface area (Å²) in [6, 6.07) is 4.32. The van der Waals surface area contributed by atoms with Gasteiger partial charge in [0.2, 0.25) is 5.95 Å². The number of anilines is 3. The predicted molar refractivity (Wildman–Crippen MR) is 134 cm³/mol. The van der Waals surface area contributed by atoms with Gasteiger partial charge >= 0.3 is 12.1 Å². The van der Waals surface area contributed by atoms with Gasteiger partial charge in [0, 0.05) is 51.3 Å². The Labute approximate surface area is 220 Å². The largest absolute Gasteiger partial charge is 0.471 e. The van der Waals surface area contributed by atoms with Crippen molar-refractivity contribution in [3.05, 3.63) is 46.8 Å². The second-order valence-corrected chi connectivity index (χ2v) is 9.49. The topological polar surface area (TPSA) is 117 Å². The SMILES string of the molecule is O=C(N[C@H]1CC[C@@H](Nc2nc(Nc3cc(Cl)cc(Cl)c3)ncc2-c2cnn(CCO)c2)CC1)C(F)(F)F. The number of carbonyl (C=O) groups is 1. The van der Waals surface area contributed by atoms with Crippen LogP contribution in [0.15, 0.2) is 36.8 Å². The smallest absolute Gasteiger partial charge is 0.394 e. The van der Waals surface area contributed by atoms with Crippen molar-refractivity contribution in [3.8, 4) is 11.1 Å². The molecule has 0 radical (unpaired) electrons. The molecule has 4 N–H and O–H groups in total. The number of halogens is 5. The Morgan fingerprint density at radius 2 is 1.76 bits per heavy atom. The maximum absolute atomic E-state index is 12.6. The second-order valence-electron chi connectivity index (χ2n) is 8.62. The molecule has 3 aromatic rings. The van der Waals surface area contributed by atoms with Crippen LogP contribution >= 0.6 is 23.2 Å². The fourth-order valence-corrected chi connectivity index (χ4v) is 4.61. The van der Waals surface area contributed by atoms with E-state index in [2.05, 4.69) is 31.0 Å². The Hall–Kier alpha value is -3.09. The first-order valence-corrected chi connectivity index (χ1v) is 12.2. The van der Waals surface area contributed by atoms with Gasteiger partial charge in [-0.1, -0.05) is 23.2 Å². The van der Waals surface area contributed by atoms with Crippen molar-refractivity contribution in [3.63, 3.8) is 0 Å². The Balaban J connectivity index is 1.53. The maximum Gasteiger partial charge on any atom is 0.471 e. The number of amides is 1. The number of hydrogen-bond acceptors (Lipinski definition) is 7. The minimum absolute atomic E-state index is 0.0676. The second kappa shape index (κ2) is 11.5. The summed E-state index contributed by atoms with van der Waals surface area (Å²) >= 11 is 12.2. The van der Waals surface area contributed by atoms with E-state index in [1.54, 1.807) is 41.5 Å². The van der Waals surface area contributed by atoms with E-state index >= 15 is 0 Å². The van der Waals surface area contributed by atoms with Crippen LogP contribution in [-0.2, 0) is 11.3 Å². The molecule has 0 bridgehead atoms. The van der Waals surface area contributed by atoms with Gasteiger partial charge in [-0.05, 0) is 43.9 Å². The van der Waals surface area contributed by atoms with Crippen molar-refractivity contribution in [1.29, 1.82) is 0 Å². The molecule has 198 valence electrons. The number of alkyl halides is 3. The Morgan fingerprint density at radius 3 is 2.41 bits per heavy atom. The molecule has 1 saturated carbocycles. The molecule has 4 rings (SSSR count). The molecule has 0 spiro atoms. The molecule has 1 aromatic carbocycles. The summed E-state index contributed by atoms with van der Waals surface area (Å²) in [5.74, 6) is -1.14. The van der Waals surface area contributed by atoms with Crippen LogP contribution in [0.2, 0.25) is 10.0 Å². The van der Waals surface area contributed by atoms with Gasteiger partial charge in [0.25, 0.3) is 0 Å². The maximum atomic E-state index is 12.6.